The van der Waals surface area contributed by atoms with Gasteiger partial charge in [0, 0.05) is 24.2 Å². The van der Waals surface area contributed by atoms with E-state index in [4.69, 9.17) is 11.6 Å². The van der Waals surface area contributed by atoms with Gasteiger partial charge in [-0.25, -0.2) is 8.78 Å². The van der Waals surface area contributed by atoms with E-state index >= 15 is 0 Å². The maximum atomic E-state index is 13.6. The minimum atomic E-state index is -2.46. The number of anilines is 1. The Kier molecular flexibility index (Phi) is 8.39. The Hall–Kier alpha value is -3.11. The Bertz CT molecular complexity index is 1190. The molecule has 2 aromatic rings. The molecule has 2 atom stereocenters. The number of nitrogens with one attached hydrogen (secondary N) is 3. The maximum Gasteiger partial charge on any atom is 0.253 e. The molecule has 1 unspecified atom stereocenters. The Balaban J connectivity index is 1.34. The third-order valence-electron chi connectivity index (χ3n) is 6.81. The molecule has 0 spiro atoms. The van der Waals surface area contributed by atoms with Crippen LogP contribution in [0.5, 0.6) is 0 Å². The normalized spacial score (nSPS) is 19.0. The van der Waals surface area contributed by atoms with Crippen LogP contribution in [0.3, 0.4) is 0 Å². The molecule has 4 rings (SSSR count). The van der Waals surface area contributed by atoms with Crippen LogP contribution in [0, 0.1) is 0 Å². The van der Waals surface area contributed by atoms with Crippen LogP contribution in [-0.4, -0.2) is 59.9 Å². The molecule has 2 aliphatic rings. The summed E-state index contributed by atoms with van der Waals surface area (Å²) >= 11 is 6.26. The lowest BCUT2D eigenvalue weighted by Crippen LogP contribution is -2.42. The van der Waals surface area contributed by atoms with Crippen LogP contribution in [-0.2, 0) is 10.2 Å². The van der Waals surface area contributed by atoms with E-state index < -0.39 is 23.9 Å². The third-order valence-corrected chi connectivity index (χ3v) is 7.03. The van der Waals surface area contributed by atoms with Crippen molar-refractivity contribution in [2.45, 2.75) is 56.5 Å². The molecule has 1 fully saturated rings. The van der Waals surface area contributed by atoms with Crippen LogP contribution in [0.25, 0.3) is 0 Å². The van der Waals surface area contributed by atoms with E-state index in [9.17, 15) is 23.5 Å². The van der Waals surface area contributed by atoms with E-state index in [1.807, 2.05) is 6.92 Å². The molecule has 11 heteroatoms. The first-order chi connectivity index (χ1) is 17.7. The van der Waals surface area contributed by atoms with Crippen molar-refractivity contribution in [3.8, 4) is 0 Å². The molecule has 1 aromatic heterocycles. The lowest BCUT2D eigenvalue weighted by molar-refractivity contribution is -0.118. The highest BCUT2D eigenvalue weighted by atomic mass is 35.5. The smallest absolute Gasteiger partial charge is 0.253 e. The van der Waals surface area contributed by atoms with Crippen LogP contribution in [0.2, 0.25) is 5.02 Å². The van der Waals surface area contributed by atoms with E-state index in [0.29, 0.717) is 48.0 Å². The van der Waals surface area contributed by atoms with Crippen molar-refractivity contribution in [1.82, 2.24) is 15.6 Å². The van der Waals surface area contributed by atoms with Crippen LogP contribution >= 0.6 is 11.6 Å². The Labute approximate surface area is 218 Å². The van der Waals surface area contributed by atoms with Gasteiger partial charge >= 0.3 is 0 Å². The van der Waals surface area contributed by atoms with Gasteiger partial charge in [0.1, 0.15) is 0 Å². The largest absolute Gasteiger partial charge is 0.389 e. The molecule has 0 radical (unpaired) electrons. The van der Waals surface area contributed by atoms with Crippen molar-refractivity contribution in [3.05, 3.63) is 58.4 Å². The number of carbonyl (C=O) groups excluding carboxylic acids is 2. The molecule has 4 N–H and O–H groups in total. The minimum absolute atomic E-state index is 0.148. The fourth-order valence-electron chi connectivity index (χ4n) is 4.41. The van der Waals surface area contributed by atoms with Gasteiger partial charge in [0.05, 0.1) is 42.1 Å². The summed E-state index contributed by atoms with van der Waals surface area (Å²) < 4.78 is 27.3. The van der Waals surface area contributed by atoms with Gasteiger partial charge < -0.3 is 21.1 Å². The first kappa shape index (κ1) is 26.9. The summed E-state index contributed by atoms with van der Waals surface area (Å²) in [5.41, 5.74) is 0.945. The van der Waals surface area contributed by atoms with Crippen molar-refractivity contribution < 1.29 is 23.5 Å². The fourth-order valence-corrected chi connectivity index (χ4v) is 4.66. The number of carbonyl (C=O) groups is 2. The molecule has 0 bridgehead atoms. The van der Waals surface area contributed by atoms with Gasteiger partial charge in [-0.2, -0.15) is 0 Å². The molecule has 1 aliphatic carbocycles. The highest BCUT2D eigenvalue weighted by molar-refractivity contribution is 6.30. The first-order valence-corrected chi connectivity index (χ1v) is 12.7. The van der Waals surface area contributed by atoms with Gasteiger partial charge in [-0.05, 0) is 54.5 Å². The number of aliphatic imine (C=N–C) groups is 1. The molecule has 1 saturated carbocycles. The molecule has 1 amide bonds. The van der Waals surface area contributed by atoms with Crippen molar-refractivity contribution in [2.24, 2.45) is 4.99 Å². The maximum absolute atomic E-state index is 13.6. The topological polar surface area (TPSA) is 116 Å². The van der Waals surface area contributed by atoms with Crippen LogP contribution in [0.15, 0.2) is 41.7 Å². The summed E-state index contributed by atoms with van der Waals surface area (Å²) in [5, 5.41) is 18.5. The second-order valence-corrected chi connectivity index (χ2v) is 10.0. The predicted molar refractivity (Wildman–Crippen MR) is 138 cm³/mol. The second-order valence-electron chi connectivity index (χ2n) is 9.57. The number of aliphatic hydroxyl groups is 1. The Morgan fingerprint density at radius 3 is 2.68 bits per heavy atom. The first-order valence-electron chi connectivity index (χ1n) is 12.3. The van der Waals surface area contributed by atoms with E-state index in [1.165, 1.54) is 12.4 Å². The summed E-state index contributed by atoms with van der Waals surface area (Å²) in [6.07, 6.45) is 1.53. The number of β-amino-alcohol motifs (C(OH)–C–C–N with tert-alkyl or cyclic N) is 1. The Morgan fingerprint density at radius 2 is 2.03 bits per heavy atom. The van der Waals surface area contributed by atoms with Crippen molar-refractivity contribution >= 4 is 34.9 Å². The van der Waals surface area contributed by atoms with Gasteiger partial charge in [-0.1, -0.05) is 24.6 Å². The molecule has 37 heavy (non-hydrogen) atoms. The second kappa shape index (κ2) is 11.5. The van der Waals surface area contributed by atoms with E-state index in [-0.39, 0.29) is 36.8 Å². The monoisotopic (exact) mass is 533 g/mol. The number of pyridine rings is 1. The number of guanidine groups is 1. The van der Waals surface area contributed by atoms with Crippen molar-refractivity contribution in [2.75, 3.05) is 25.0 Å². The Morgan fingerprint density at radius 1 is 1.24 bits per heavy atom. The van der Waals surface area contributed by atoms with E-state index in [2.05, 4.69) is 25.9 Å². The number of hydrogen-bond donors (Lipinski definition) is 4. The predicted octanol–water partition coefficient (Wildman–Crippen LogP) is 3.65. The minimum Gasteiger partial charge on any atom is -0.389 e. The van der Waals surface area contributed by atoms with Crippen molar-refractivity contribution in [1.29, 1.82) is 0 Å². The summed E-state index contributed by atoms with van der Waals surface area (Å²) in [6.45, 7) is 2.39. The zero-order valence-corrected chi connectivity index (χ0v) is 21.2. The number of alkyl halides is 2. The van der Waals surface area contributed by atoms with Crippen LogP contribution in [0.4, 0.5) is 14.5 Å². The number of hydrogen-bond acceptors (Lipinski definition) is 7. The summed E-state index contributed by atoms with van der Waals surface area (Å²) in [7, 11) is 0. The number of ketones is 1. The average Bonchev–Trinajstić information content (AvgIpc) is 3.69. The number of halogens is 3. The number of benzene rings is 1. The van der Waals surface area contributed by atoms with Crippen LogP contribution < -0.4 is 16.0 Å². The van der Waals surface area contributed by atoms with E-state index in [1.54, 1.807) is 24.3 Å². The third kappa shape index (κ3) is 6.61. The van der Waals surface area contributed by atoms with Gasteiger partial charge in [0.25, 0.3) is 5.91 Å². The molecular formula is C26H30ClF2N5O3. The zero-order chi connectivity index (χ0) is 26.6. The lowest BCUT2D eigenvalue weighted by Gasteiger charge is -2.20. The number of aliphatic hydroxyl groups excluding tert-OH is 1. The molecule has 0 saturated heterocycles. The molecule has 2 heterocycles. The standard InChI is InChI=1S/C26H30ClF2N5O3/c1-2-15(16-5-18(9-19(27)6-16)26(3-4-26)24(28)29)8-21(35)12-31-23(37)17-7-20(11-30-10-17)34-25-32-13-22(36)14-33-25/h5-7,9-11,15,22,24,36H,2-4,8,12-14H2,1H3,(H,31,37)(H2,32,33,34)/t15-/m1/s1. The summed E-state index contributed by atoms with van der Waals surface area (Å²) in [4.78, 5) is 33.6. The number of rotatable bonds is 10. The zero-order valence-electron chi connectivity index (χ0n) is 20.4. The fraction of sp³-hybridized carbons (Fsp3) is 0.462. The summed E-state index contributed by atoms with van der Waals surface area (Å²) in [5.74, 6) is -0.370. The number of aromatic nitrogens is 1. The SMILES string of the molecule is CC[C@H](CC(=O)CNC(=O)c1cncc(NC2=NCC(O)CN2)c1)c1cc(Cl)cc(C2(C(F)F)CC2)c1. The highest BCUT2D eigenvalue weighted by Crippen LogP contribution is 2.53. The van der Waals surface area contributed by atoms with Crippen LogP contribution in [0.1, 0.15) is 60.0 Å². The quantitative estimate of drug-likeness (QED) is 0.370. The number of nitrogens with zero attached hydrogens (tertiary/aromatic N) is 2. The molecule has 1 aliphatic heterocycles. The molecular weight excluding hydrogens is 504 g/mol. The molecule has 1 aromatic carbocycles. The lowest BCUT2D eigenvalue weighted by atomic mass is 9.87. The van der Waals surface area contributed by atoms with Crippen molar-refractivity contribution in [3.63, 3.8) is 0 Å². The highest BCUT2D eigenvalue weighted by Gasteiger charge is 2.52. The molecule has 8 nitrogen and oxygen atoms in total. The number of Topliss-reactive ketones (excluding diaryl/α,β-unsaturated/α-hetero) is 1. The average molecular weight is 534 g/mol. The van der Waals surface area contributed by atoms with Gasteiger partial charge in [0.2, 0.25) is 6.43 Å². The van der Waals surface area contributed by atoms with Gasteiger partial charge in [-0.3, -0.25) is 19.6 Å². The molecule has 198 valence electrons. The van der Waals surface area contributed by atoms with Gasteiger partial charge in [-0.15, -0.1) is 0 Å². The van der Waals surface area contributed by atoms with E-state index in [0.717, 1.165) is 5.56 Å². The van der Waals surface area contributed by atoms with Gasteiger partial charge in [0.15, 0.2) is 11.7 Å². The summed E-state index contributed by atoms with van der Waals surface area (Å²) in [6, 6.07) is 6.65. The number of amides is 1.